The average Bonchev–Trinajstić information content (AvgIpc) is 3.13. The maximum absolute atomic E-state index is 15.1. The van der Waals surface area contributed by atoms with Gasteiger partial charge in [0.2, 0.25) is 0 Å². The zero-order chi connectivity index (χ0) is 20.6. The maximum atomic E-state index is 15.1. The summed E-state index contributed by atoms with van der Waals surface area (Å²) in [6, 6.07) is 2.70. The van der Waals surface area contributed by atoms with Crippen molar-refractivity contribution >= 4 is 28.5 Å². The molecular weight excluding hydrogens is 406 g/mol. The standard InChI is InChI=1S/C19H23ClF2N4O3/c20-14-5-12-8-24-25-16(12)15(6-14)17(27)19(21,22)13-1-3-26(4-2-13)18(28)23-7-11-9-29-10-11/h5-6,8,11,13,17,27H,1-4,7,9-10H2,(H,23,28)(H,24,25). The molecule has 1 aromatic carbocycles. The van der Waals surface area contributed by atoms with Crippen molar-refractivity contribution in [2.45, 2.75) is 24.9 Å². The summed E-state index contributed by atoms with van der Waals surface area (Å²) < 4.78 is 35.3. The van der Waals surface area contributed by atoms with Crippen molar-refractivity contribution in [2.24, 2.45) is 11.8 Å². The Morgan fingerprint density at radius 2 is 2.14 bits per heavy atom. The number of urea groups is 1. The first-order valence-corrected chi connectivity index (χ1v) is 10.0. The highest BCUT2D eigenvalue weighted by Gasteiger charge is 2.48. The maximum Gasteiger partial charge on any atom is 0.317 e. The highest BCUT2D eigenvalue weighted by atomic mass is 35.5. The number of benzene rings is 1. The lowest BCUT2D eigenvalue weighted by atomic mass is 9.85. The molecule has 10 heteroatoms. The Balaban J connectivity index is 1.40. The number of alkyl halides is 2. The summed E-state index contributed by atoms with van der Waals surface area (Å²) in [4.78, 5) is 13.8. The van der Waals surface area contributed by atoms with E-state index in [4.69, 9.17) is 16.3 Å². The second-order valence-corrected chi connectivity index (χ2v) is 8.19. The van der Waals surface area contributed by atoms with Gasteiger partial charge in [-0.1, -0.05) is 11.6 Å². The lowest BCUT2D eigenvalue weighted by Crippen LogP contribution is -2.50. The fourth-order valence-corrected chi connectivity index (χ4v) is 4.14. The number of aliphatic hydroxyl groups excluding tert-OH is 1. The van der Waals surface area contributed by atoms with Gasteiger partial charge in [0.25, 0.3) is 5.92 Å². The first kappa shape index (κ1) is 20.3. The second kappa shape index (κ2) is 8.04. The number of halogens is 3. The van der Waals surface area contributed by atoms with Crippen LogP contribution in [0.25, 0.3) is 10.9 Å². The van der Waals surface area contributed by atoms with Crippen LogP contribution in [0.4, 0.5) is 13.6 Å². The molecule has 3 N–H and O–H groups in total. The van der Waals surface area contributed by atoms with Crippen LogP contribution in [0.5, 0.6) is 0 Å². The summed E-state index contributed by atoms with van der Waals surface area (Å²) in [7, 11) is 0. The summed E-state index contributed by atoms with van der Waals surface area (Å²) in [5, 5.41) is 20.7. The lowest BCUT2D eigenvalue weighted by Gasteiger charge is -2.38. The van der Waals surface area contributed by atoms with E-state index in [1.165, 1.54) is 12.3 Å². The van der Waals surface area contributed by atoms with Crippen molar-refractivity contribution < 1.29 is 23.4 Å². The van der Waals surface area contributed by atoms with Gasteiger partial charge in [-0.3, -0.25) is 5.10 Å². The fraction of sp³-hybridized carbons (Fsp3) is 0.579. The van der Waals surface area contributed by atoms with Crippen molar-refractivity contribution in [2.75, 3.05) is 32.8 Å². The molecule has 2 aliphatic heterocycles. The molecule has 0 bridgehead atoms. The monoisotopic (exact) mass is 428 g/mol. The van der Waals surface area contributed by atoms with E-state index in [1.54, 1.807) is 11.0 Å². The molecule has 158 valence electrons. The third kappa shape index (κ3) is 4.04. The number of carbonyl (C=O) groups is 1. The number of likely N-dealkylation sites (tertiary alicyclic amines) is 1. The smallest absolute Gasteiger partial charge is 0.317 e. The Bertz CT molecular complexity index is 881. The van der Waals surface area contributed by atoms with Crippen LogP contribution in [0.3, 0.4) is 0 Å². The molecule has 2 aliphatic rings. The lowest BCUT2D eigenvalue weighted by molar-refractivity contribution is -0.159. The number of fused-ring (bicyclic) bond motifs is 1. The molecule has 2 fully saturated rings. The molecule has 0 aliphatic carbocycles. The predicted octanol–water partition coefficient (Wildman–Crippen LogP) is 2.95. The van der Waals surface area contributed by atoms with Gasteiger partial charge >= 0.3 is 6.03 Å². The first-order chi connectivity index (χ1) is 13.9. The number of hydrogen-bond donors (Lipinski definition) is 3. The third-order valence-electron chi connectivity index (χ3n) is 5.78. The Hall–Kier alpha value is -1.97. The number of ether oxygens (including phenoxy) is 1. The van der Waals surface area contributed by atoms with E-state index >= 15 is 8.78 Å². The molecule has 2 amide bonds. The van der Waals surface area contributed by atoms with Gasteiger partial charge in [0, 0.05) is 47.4 Å². The number of amides is 2. The van der Waals surface area contributed by atoms with Crippen LogP contribution >= 0.6 is 11.6 Å². The van der Waals surface area contributed by atoms with Gasteiger partial charge in [-0.2, -0.15) is 5.10 Å². The molecule has 1 unspecified atom stereocenters. The molecule has 7 nitrogen and oxygen atoms in total. The zero-order valence-corrected chi connectivity index (χ0v) is 16.5. The molecule has 0 saturated carbocycles. The van der Waals surface area contributed by atoms with E-state index in [-0.39, 0.29) is 42.5 Å². The van der Waals surface area contributed by atoms with E-state index in [0.29, 0.717) is 36.6 Å². The van der Waals surface area contributed by atoms with Crippen molar-refractivity contribution in [3.8, 4) is 0 Å². The molecule has 29 heavy (non-hydrogen) atoms. The molecule has 0 spiro atoms. The summed E-state index contributed by atoms with van der Waals surface area (Å²) in [6.45, 7) is 2.24. The van der Waals surface area contributed by atoms with Crippen LogP contribution in [0.1, 0.15) is 24.5 Å². The van der Waals surface area contributed by atoms with E-state index in [0.717, 1.165) is 0 Å². The number of rotatable bonds is 5. The Kier molecular flexibility index (Phi) is 5.63. The largest absolute Gasteiger partial charge is 0.382 e. The second-order valence-electron chi connectivity index (χ2n) is 7.76. The van der Waals surface area contributed by atoms with Crippen LogP contribution in [-0.4, -0.2) is 65.0 Å². The van der Waals surface area contributed by atoms with Crippen LogP contribution < -0.4 is 5.32 Å². The van der Waals surface area contributed by atoms with Crippen molar-refractivity contribution in [3.05, 3.63) is 28.9 Å². The number of aliphatic hydroxyl groups is 1. The van der Waals surface area contributed by atoms with E-state index in [2.05, 4.69) is 15.5 Å². The summed E-state index contributed by atoms with van der Waals surface area (Å²) >= 11 is 6.02. The number of hydrogen-bond acceptors (Lipinski definition) is 4. The molecule has 0 radical (unpaired) electrons. The summed E-state index contributed by atoms with van der Waals surface area (Å²) in [5.41, 5.74) is 0.372. The fourth-order valence-electron chi connectivity index (χ4n) is 3.91. The quantitative estimate of drug-likeness (QED) is 0.683. The molecule has 4 rings (SSSR count). The Morgan fingerprint density at radius 3 is 2.79 bits per heavy atom. The number of carbonyl (C=O) groups excluding carboxylic acids is 1. The topological polar surface area (TPSA) is 90.5 Å². The minimum atomic E-state index is -3.37. The number of nitrogens with zero attached hydrogens (tertiary/aromatic N) is 2. The number of aromatic amines is 1. The molecular formula is C19H23ClF2N4O3. The molecule has 1 aromatic heterocycles. The first-order valence-electron chi connectivity index (χ1n) is 9.65. The zero-order valence-electron chi connectivity index (χ0n) is 15.7. The molecule has 2 aromatic rings. The van der Waals surface area contributed by atoms with Crippen LogP contribution in [-0.2, 0) is 4.74 Å². The Labute approximate surface area is 171 Å². The van der Waals surface area contributed by atoms with Crippen LogP contribution in [0, 0.1) is 11.8 Å². The van der Waals surface area contributed by atoms with Crippen molar-refractivity contribution in [1.29, 1.82) is 0 Å². The molecule has 1 atom stereocenters. The number of aromatic nitrogens is 2. The van der Waals surface area contributed by atoms with Gasteiger partial charge in [0.05, 0.1) is 24.9 Å². The minimum absolute atomic E-state index is 0.0258. The van der Waals surface area contributed by atoms with Crippen molar-refractivity contribution in [1.82, 2.24) is 20.4 Å². The highest BCUT2D eigenvalue weighted by molar-refractivity contribution is 6.31. The SMILES string of the molecule is O=C(NCC1COC1)N1CCC(C(F)(F)C(O)c2cc(Cl)cc3cn[nH]c23)CC1. The van der Waals surface area contributed by atoms with Crippen molar-refractivity contribution in [3.63, 3.8) is 0 Å². The van der Waals surface area contributed by atoms with Gasteiger partial charge in [-0.05, 0) is 25.0 Å². The predicted molar refractivity (Wildman–Crippen MR) is 103 cm³/mol. The Morgan fingerprint density at radius 1 is 1.41 bits per heavy atom. The van der Waals surface area contributed by atoms with E-state index < -0.39 is 17.9 Å². The summed E-state index contributed by atoms with van der Waals surface area (Å²) in [6.07, 6.45) is -0.330. The van der Waals surface area contributed by atoms with Crippen LogP contribution in [0.15, 0.2) is 18.3 Å². The number of nitrogens with one attached hydrogen (secondary N) is 2. The minimum Gasteiger partial charge on any atom is -0.382 e. The van der Waals surface area contributed by atoms with E-state index in [1.807, 2.05) is 0 Å². The van der Waals surface area contributed by atoms with E-state index in [9.17, 15) is 9.90 Å². The van der Waals surface area contributed by atoms with Gasteiger partial charge in [-0.15, -0.1) is 0 Å². The third-order valence-corrected chi connectivity index (χ3v) is 6.00. The average molecular weight is 429 g/mol. The van der Waals surface area contributed by atoms with Gasteiger partial charge in [0.1, 0.15) is 6.10 Å². The van der Waals surface area contributed by atoms with Gasteiger partial charge in [-0.25, -0.2) is 13.6 Å². The molecule has 2 saturated heterocycles. The summed E-state index contributed by atoms with van der Waals surface area (Å²) in [5.74, 6) is -4.08. The normalized spacial score (nSPS) is 19.9. The number of H-pyrrole nitrogens is 1. The molecule has 3 heterocycles. The highest BCUT2D eigenvalue weighted by Crippen LogP contribution is 2.44. The number of piperidine rings is 1. The van der Waals surface area contributed by atoms with Crippen LogP contribution in [0.2, 0.25) is 5.02 Å². The van der Waals surface area contributed by atoms with Gasteiger partial charge in [0.15, 0.2) is 0 Å². The van der Waals surface area contributed by atoms with Gasteiger partial charge < -0.3 is 20.1 Å².